The lowest BCUT2D eigenvalue weighted by Crippen LogP contribution is -2.49. The maximum absolute atomic E-state index is 13.6. The molecule has 1 aromatic heterocycles. The topological polar surface area (TPSA) is 101 Å². The second kappa shape index (κ2) is 12.9. The molecule has 0 bridgehead atoms. The Kier molecular flexibility index (Phi) is 9.70. The zero-order valence-electron chi connectivity index (χ0n) is 20.0. The molecule has 1 fully saturated rings. The zero-order chi connectivity index (χ0) is 24.3. The van der Waals surface area contributed by atoms with Crippen LogP contribution in [0.3, 0.4) is 0 Å². The summed E-state index contributed by atoms with van der Waals surface area (Å²) in [5.74, 6) is -0.879. The average molecular weight is 470 g/mol. The predicted molar refractivity (Wildman–Crippen MR) is 128 cm³/mol. The summed E-state index contributed by atoms with van der Waals surface area (Å²) >= 11 is 0. The second-order valence-electron chi connectivity index (χ2n) is 8.55. The van der Waals surface area contributed by atoms with Crippen molar-refractivity contribution in [3.63, 3.8) is 0 Å². The lowest BCUT2D eigenvalue weighted by atomic mass is 9.98. The van der Waals surface area contributed by atoms with Crippen molar-refractivity contribution in [2.24, 2.45) is 0 Å². The van der Waals surface area contributed by atoms with Gasteiger partial charge in [0.1, 0.15) is 6.04 Å². The van der Waals surface area contributed by atoms with E-state index in [0.29, 0.717) is 26.2 Å². The third-order valence-corrected chi connectivity index (χ3v) is 6.10. The molecule has 0 spiro atoms. The fraction of sp³-hybridized carbons (Fsp3) is 0.500. The van der Waals surface area contributed by atoms with Crippen molar-refractivity contribution >= 4 is 17.7 Å². The molecule has 3 amide bonds. The second-order valence-corrected chi connectivity index (χ2v) is 8.55. The van der Waals surface area contributed by atoms with Gasteiger partial charge in [-0.05, 0) is 56.4 Å². The van der Waals surface area contributed by atoms with E-state index in [1.807, 2.05) is 38.1 Å². The predicted octanol–water partition coefficient (Wildman–Crippen LogP) is 3.37. The number of carbonyl (C=O) groups excluding carboxylic acids is 3. The number of benzene rings is 1. The first kappa shape index (κ1) is 25.5. The normalized spacial score (nSPS) is 14.5. The van der Waals surface area contributed by atoms with Gasteiger partial charge in [0.2, 0.25) is 11.8 Å². The SMILES string of the molecule is CCOCCCN(C(=O)CNC(=O)c1ccco1)[C@H](C(=O)NC1CCCC1)c1ccccc1C. The highest BCUT2D eigenvalue weighted by Crippen LogP contribution is 2.27. The van der Waals surface area contributed by atoms with Crippen molar-refractivity contribution in [1.82, 2.24) is 15.5 Å². The molecule has 8 nitrogen and oxygen atoms in total. The van der Waals surface area contributed by atoms with Crippen molar-refractivity contribution < 1.29 is 23.5 Å². The van der Waals surface area contributed by atoms with Gasteiger partial charge >= 0.3 is 0 Å². The molecule has 34 heavy (non-hydrogen) atoms. The highest BCUT2D eigenvalue weighted by atomic mass is 16.5. The Morgan fingerprint density at radius 3 is 2.59 bits per heavy atom. The Labute approximate surface area is 201 Å². The lowest BCUT2D eigenvalue weighted by Gasteiger charge is -2.33. The van der Waals surface area contributed by atoms with Gasteiger partial charge in [-0.2, -0.15) is 0 Å². The van der Waals surface area contributed by atoms with Gasteiger partial charge in [-0.25, -0.2) is 0 Å². The summed E-state index contributed by atoms with van der Waals surface area (Å²) in [6.45, 7) is 4.99. The maximum atomic E-state index is 13.6. The molecule has 8 heteroatoms. The first-order chi connectivity index (χ1) is 16.5. The van der Waals surface area contributed by atoms with E-state index < -0.39 is 11.9 Å². The standard InChI is InChI=1S/C26H35N3O5/c1-3-33-16-9-15-29(23(30)18-27-25(31)22-14-8-17-34-22)24(21-13-7-4-10-19(21)2)26(32)28-20-11-5-6-12-20/h4,7-8,10,13-14,17,20,24H,3,5-6,9,11-12,15-16,18H2,1-2H3,(H,27,31)(H,28,32)/t24-/m0/s1. The van der Waals surface area contributed by atoms with Crippen molar-refractivity contribution in [3.05, 3.63) is 59.5 Å². The van der Waals surface area contributed by atoms with E-state index in [0.717, 1.165) is 36.8 Å². The van der Waals surface area contributed by atoms with Crippen molar-refractivity contribution in [1.29, 1.82) is 0 Å². The number of hydrogen-bond acceptors (Lipinski definition) is 5. The summed E-state index contributed by atoms with van der Waals surface area (Å²) in [6, 6.07) is 10.1. The van der Waals surface area contributed by atoms with Gasteiger partial charge in [0, 0.05) is 25.8 Å². The third kappa shape index (κ3) is 6.93. The number of nitrogens with one attached hydrogen (secondary N) is 2. The number of ether oxygens (including phenoxy) is 1. The molecule has 1 aliphatic carbocycles. The van der Waals surface area contributed by atoms with E-state index in [4.69, 9.17) is 9.15 Å². The van der Waals surface area contributed by atoms with Crippen LogP contribution in [0.1, 0.15) is 66.8 Å². The molecule has 1 atom stereocenters. The summed E-state index contributed by atoms with van der Waals surface area (Å²) in [6.07, 6.45) is 6.06. The zero-order valence-corrected chi connectivity index (χ0v) is 20.0. The van der Waals surface area contributed by atoms with E-state index >= 15 is 0 Å². The van der Waals surface area contributed by atoms with Crippen LogP contribution in [0.2, 0.25) is 0 Å². The summed E-state index contributed by atoms with van der Waals surface area (Å²) in [5, 5.41) is 5.78. The van der Waals surface area contributed by atoms with Crippen molar-refractivity contribution in [3.8, 4) is 0 Å². The Balaban J connectivity index is 1.83. The Morgan fingerprint density at radius 1 is 1.15 bits per heavy atom. The Bertz CT molecular complexity index is 938. The fourth-order valence-electron chi connectivity index (χ4n) is 4.33. The number of nitrogens with zero attached hydrogens (tertiary/aromatic N) is 1. The summed E-state index contributed by atoms with van der Waals surface area (Å²) in [7, 11) is 0. The van der Waals surface area contributed by atoms with Crippen LogP contribution in [0.5, 0.6) is 0 Å². The van der Waals surface area contributed by atoms with Gasteiger partial charge in [0.25, 0.3) is 5.91 Å². The van der Waals surface area contributed by atoms with Crippen molar-refractivity contribution in [2.75, 3.05) is 26.3 Å². The largest absolute Gasteiger partial charge is 0.459 e. The first-order valence-electron chi connectivity index (χ1n) is 12.1. The van der Waals surface area contributed by atoms with Gasteiger partial charge in [0.05, 0.1) is 12.8 Å². The number of rotatable bonds is 12. The monoisotopic (exact) mass is 469 g/mol. The molecule has 184 valence electrons. The summed E-state index contributed by atoms with van der Waals surface area (Å²) in [5.41, 5.74) is 1.71. The molecular formula is C26H35N3O5. The van der Waals surface area contributed by atoms with Crippen LogP contribution in [0.25, 0.3) is 0 Å². The molecule has 1 saturated carbocycles. The molecule has 0 radical (unpaired) electrons. The lowest BCUT2D eigenvalue weighted by molar-refractivity contribution is -0.140. The van der Waals surface area contributed by atoms with E-state index in [9.17, 15) is 14.4 Å². The van der Waals surface area contributed by atoms with Crippen LogP contribution in [-0.2, 0) is 14.3 Å². The molecule has 3 rings (SSSR count). The Hall–Kier alpha value is -3.13. The van der Waals surface area contributed by atoms with E-state index in [1.165, 1.54) is 12.3 Å². The van der Waals surface area contributed by atoms with Gasteiger partial charge in [0.15, 0.2) is 5.76 Å². The molecular weight excluding hydrogens is 434 g/mol. The maximum Gasteiger partial charge on any atom is 0.287 e. The quantitative estimate of drug-likeness (QED) is 0.464. The van der Waals surface area contributed by atoms with E-state index in [-0.39, 0.29) is 30.2 Å². The van der Waals surface area contributed by atoms with Gasteiger partial charge in [-0.15, -0.1) is 0 Å². The smallest absolute Gasteiger partial charge is 0.287 e. The minimum Gasteiger partial charge on any atom is -0.459 e. The van der Waals surface area contributed by atoms with Crippen molar-refractivity contribution in [2.45, 2.75) is 58.0 Å². The average Bonchev–Trinajstić information content (AvgIpc) is 3.55. The van der Waals surface area contributed by atoms with Gasteiger partial charge in [-0.3, -0.25) is 14.4 Å². The number of hydrogen-bond donors (Lipinski definition) is 2. The molecule has 2 aromatic rings. The third-order valence-electron chi connectivity index (χ3n) is 6.10. The molecule has 0 unspecified atom stereocenters. The number of carbonyl (C=O) groups is 3. The molecule has 1 heterocycles. The Morgan fingerprint density at radius 2 is 1.91 bits per heavy atom. The van der Waals surface area contributed by atoms with Crippen LogP contribution >= 0.6 is 0 Å². The highest BCUT2D eigenvalue weighted by molar-refractivity contribution is 5.95. The van der Waals surface area contributed by atoms with Crippen LogP contribution in [0, 0.1) is 6.92 Å². The van der Waals surface area contributed by atoms with E-state index in [1.54, 1.807) is 11.0 Å². The van der Waals surface area contributed by atoms with Gasteiger partial charge in [-0.1, -0.05) is 37.1 Å². The summed E-state index contributed by atoms with van der Waals surface area (Å²) < 4.78 is 10.6. The van der Waals surface area contributed by atoms with Crippen LogP contribution in [0.4, 0.5) is 0 Å². The molecule has 0 aliphatic heterocycles. The minimum absolute atomic E-state index is 0.123. The number of furan rings is 1. The number of aryl methyl sites for hydroxylation is 1. The highest BCUT2D eigenvalue weighted by Gasteiger charge is 2.33. The van der Waals surface area contributed by atoms with Gasteiger partial charge < -0.3 is 24.7 Å². The number of amides is 3. The molecule has 2 N–H and O–H groups in total. The minimum atomic E-state index is -0.795. The van der Waals surface area contributed by atoms with Crippen LogP contribution < -0.4 is 10.6 Å². The molecule has 0 saturated heterocycles. The first-order valence-corrected chi connectivity index (χ1v) is 12.1. The summed E-state index contributed by atoms with van der Waals surface area (Å²) in [4.78, 5) is 40.9. The van der Waals surface area contributed by atoms with E-state index in [2.05, 4.69) is 10.6 Å². The fourth-order valence-corrected chi connectivity index (χ4v) is 4.33. The van der Waals surface area contributed by atoms with Crippen LogP contribution in [0.15, 0.2) is 47.1 Å². The van der Waals surface area contributed by atoms with Crippen LogP contribution in [-0.4, -0.2) is 55.0 Å². The molecule has 1 aliphatic rings. The molecule has 1 aromatic carbocycles.